The van der Waals surface area contributed by atoms with Crippen LogP contribution in [0.5, 0.6) is 0 Å². The molecule has 4 nitrogen and oxygen atoms in total. The lowest BCUT2D eigenvalue weighted by molar-refractivity contribution is 0.747. The number of hydrogen-bond donors (Lipinski definition) is 0. The molecule has 0 fully saturated rings. The van der Waals surface area contributed by atoms with Crippen LogP contribution >= 0.6 is 11.8 Å². The average molecular weight is 360 g/mol. The Bertz CT molecular complexity index is 976. The van der Waals surface area contributed by atoms with E-state index < -0.39 is 0 Å². The maximum Gasteiger partial charge on any atom is 0.156 e. The smallest absolute Gasteiger partial charge is 0.156 e. The van der Waals surface area contributed by atoms with Gasteiger partial charge in [0, 0.05) is 12.2 Å². The molecule has 5 heteroatoms. The summed E-state index contributed by atoms with van der Waals surface area (Å²) in [5, 5.41) is 14.8. The normalized spacial score (nSPS) is 11.1. The summed E-state index contributed by atoms with van der Waals surface area (Å²) in [6, 6.07) is 25.2. The third kappa shape index (κ3) is 3.78. The number of benzene rings is 3. The van der Waals surface area contributed by atoms with Gasteiger partial charge >= 0.3 is 0 Å². The Kier molecular flexibility index (Phi) is 5.26. The molecule has 130 valence electrons. The number of aromatic nitrogens is 4. The van der Waals surface area contributed by atoms with Crippen molar-refractivity contribution in [2.24, 2.45) is 0 Å². The highest BCUT2D eigenvalue weighted by atomic mass is 32.2. The minimum Gasteiger partial charge on any atom is -0.197 e. The summed E-state index contributed by atoms with van der Waals surface area (Å²) < 4.78 is 1.83. The molecule has 3 aromatic carbocycles. The van der Waals surface area contributed by atoms with Crippen LogP contribution in [0, 0.1) is 0 Å². The van der Waals surface area contributed by atoms with Crippen LogP contribution in [-0.4, -0.2) is 26.0 Å². The fourth-order valence-corrected chi connectivity index (χ4v) is 4.03. The third-order valence-corrected chi connectivity index (χ3v) is 5.45. The summed E-state index contributed by atoms with van der Waals surface area (Å²) in [6.07, 6.45) is 1.94. The standard InChI is InChI=1S/C21H20N4S/c1-2-11-19(12-3-1)25-21(22-23-24-25)14-7-15-26-16-18-10-6-9-17-8-4-5-13-20(17)18/h1-6,8-13H,7,14-16H2. The lowest BCUT2D eigenvalue weighted by atomic mass is 10.1. The summed E-state index contributed by atoms with van der Waals surface area (Å²) >= 11 is 1.97. The van der Waals surface area contributed by atoms with Gasteiger partial charge in [0.25, 0.3) is 0 Å². The van der Waals surface area contributed by atoms with Crippen molar-refractivity contribution in [1.82, 2.24) is 20.2 Å². The van der Waals surface area contributed by atoms with Crippen LogP contribution in [0.15, 0.2) is 72.8 Å². The lowest BCUT2D eigenvalue weighted by Gasteiger charge is -2.07. The van der Waals surface area contributed by atoms with Gasteiger partial charge in [0.05, 0.1) is 5.69 Å². The molecule has 0 aliphatic heterocycles. The molecule has 0 aliphatic rings. The summed E-state index contributed by atoms with van der Waals surface area (Å²) in [5.41, 5.74) is 2.41. The zero-order valence-corrected chi connectivity index (χ0v) is 15.3. The predicted molar refractivity (Wildman–Crippen MR) is 108 cm³/mol. The maximum atomic E-state index is 4.18. The van der Waals surface area contributed by atoms with Gasteiger partial charge in [-0.2, -0.15) is 16.4 Å². The van der Waals surface area contributed by atoms with Crippen molar-refractivity contribution in [3.05, 3.63) is 84.2 Å². The highest BCUT2D eigenvalue weighted by molar-refractivity contribution is 7.98. The maximum absolute atomic E-state index is 4.18. The number of fused-ring (bicyclic) bond motifs is 1. The zero-order chi connectivity index (χ0) is 17.6. The van der Waals surface area contributed by atoms with Gasteiger partial charge in [-0.15, -0.1) is 5.10 Å². The van der Waals surface area contributed by atoms with Gasteiger partial charge in [-0.05, 0) is 51.1 Å². The second kappa shape index (κ2) is 8.15. The van der Waals surface area contributed by atoms with Gasteiger partial charge in [0.2, 0.25) is 0 Å². The van der Waals surface area contributed by atoms with Crippen LogP contribution in [-0.2, 0) is 12.2 Å². The molecule has 1 aromatic heterocycles. The Labute approximate surface area is 157 Å². The van der Waals surface area contributed by atoms with Crippen LogP contribution in [0.2, 0.25) is 0 Å². The molecule has 0 amide bonds. The molecule has 0 N–H and O–H groups in total. The second-order valence-corrected chi connectivity index (χ2v) is 7.24. The molecule has 26 heavy (non-hydrogen) atoms. The molecule has 0 saturated heterocycles. The predicted octanol–water partition coefficient (Wildman–Crippen LogP) is 4.68. The largest absolute Gasteiger partial charge is 0.197 e. The number of thioether (sulfide) groups is 1. The molecule has 1 heterocycles. The Morgan fingerprint density at radius 2 is 1.65 bits per heavy atom. The van der Waals surface area contributed by atoms with Gasteiger partial charge in [-0.3, -0.25) is 0 Å². The fourth-order valence-electron chi connectivity index (χ4n) is 3.06. The number of tetrazole rings is 1. The van der Waals surface area contributed by atoms with Crippen molar-refractivity contribution < 1.29 is 0 Å². The zero-order valence-electron chi connectivity index (χ0n) is 14.5. The van der Waals surface area contributed by atoms with Gasteiger partial charge < -0.3 is 0 Å². The molecule has 0 aliphatic carbocycles. The molecule has 4 rings (SSSR count). The SMILES string of the molecule is c1ccc(-n2nnnc2CCCSCc2cccc3ccccc23)cc1. The van der Waals surface area contributed by atoms with Gasteiger partial charge in [-0.25, -0.2) is 0 Å². The second-order valence-electron chi connectivity index (χ2n) is 6.14. The number of aryl methyl sites for hydroxylation is 1. The number of nitrogens with zero attached hydrogens (tertiary/aromatic N) is 4. The first kappa shape index (κ1) is 16.8. The van der Waals surface area contributed by atoms with E-state index in [0.29, 0.717) is 0 Å². The molecule has 0 saturated carbocycles. The molecular formula is C21H20N4S. The summed E-state index contributed by atoms with van der Waals surface area (Å²) in [4.78, 5) is 0. The fraction of sp³-hybridized carbons (Fsp3) is 0.190. The van der Waals surface area contributed by atoms with Crippen molar-refractivity contribution in [1.29, 1.82) is 0 Å². The molecule has 0 atom stereocenters. The first-order valence-electron chi connectivity index (χ1n) is 8.79. The van der Waals surface area contributed by atoms with E-state index in [-0.39, 0.29) is 0 Å². The Morgan fingerprint density at radius 1 is 0.846 bits per heavy atom. The van der Waals surface area contributed by atoms with Crippen molar-refractivity contribution in [3.63, 3.8) is 0 Å². The summed E-state index contributed by atoms with van der Waals surface area (Å²) in [7, 11) is 0. The lowest BCUT2D eigenvalue weighted by Crippen LogP contribution is -2.03. The van der Waals surface area contributed by atoms with Gasteiger partial charge in [0.15, 0.2) is 5.82 Å². The minimum atomic E-state index is 0.879. The highest BCUT2D eigenvalue weighted by Gasteiger charge is 2.07. The van der Waals surface area contributed by atoms with Crippen molar-refractivity contribution in [3.8, 4) is 5.69 Å². The number of para-hydroxylation sites is 1. The molecular weight excluding hydrogens is 340 g/mol. The van der Waals surface area contributed by atoms with Crippen LogP contribution in [0.25, 0.3) is 16.5 Å². The monoisotopic (exact) mass is 360 g/mol. The molecule has 0 unspecified atom stereocenters. The molecule has 4 aromatic rings. The first-order chi connectivity index (χ1) is 12.9. The Hall–Kier alpha value is -2.66. The van der Waals surface area contributed by atoms with Crippen molar-refractivity contribution >= 4 is 22.5 Å². The van der Waals surface area contributed by atoms with Crippen LogP contribution in [0.4, 0.5) is 0 Å². The molecule has 0 bridgehead atoms. The Balaban J connectivity index is 1.32. The van der Waals surface area contributed by atoms with Crippen molar-refractivity contribution in [2.45, 2.75) is 18.6 Å². The van der Waals surface area contributed by atoms with E-state index in [9.17, 15) is 0 Å². The topological polar surface area (TPSA) is 43.6 Å². The van der Waals surface area contributed by atoms with Crippen LogP contribution in [0.3, 0.4) is 0 Å². The molecule has 0 radical (unpaired) electrons. The first-order valence-corrected chi connectivity index (χ1v) is 9.94. The van der Waals surface area contributed by atoms with E-state index in [0.717, 1.165) is 35.9 Å². The summed E-state index contributed by atoms with van der Waals surface area (Å²) in [5.74, 6) is 3.04. The van der Waals surface area contributed by atoms with Gasteiger partial charge in [0.1, 0.15) is 0 Å². The number of rotatable bonds is 7. The van der Waals surface area contributed by atoms with E-state index >= 15 is 0 Å². The van der Waals surface area contributed by atoms with E-state index in [2.05, 4.69) is 58.0 Å². The highest BCUT2D eigenvalue weighted by Crippen LogP contribution is 2.23. The van der Waals surface area contributed by atoms with E-state index in [1.54, 1.807) is 0 Å². The van der Waals surface area contributed by atoms with Crippen molar-refractivity contribution in [2.75, 3.05) is 5.75 Å². The van der Waals surface area contributed by atoms with E-state index in [1.165, 1.54) is 16.3 Å². The number of hydrogen-bond acceptors (Lipinski definition) is 4. The van der Waals surface area contributed by atoms with Crippen LogP contribution < -0.4 is 0 Å². The van der Waals surface area contributed by atoms with E-state index in [1.807, 2.05) is 46.8 Å². The third-order valence-electron chi connectivity index (χ3n) is 4.36. The van der Waals surface area contributed by atoms with Crippen LogP contribution in [0.1, 0.15) is 17.8 Å². The molecule has 0 spiro atoms. The van der Waals surface area contributed by atoms with Gasteiger partial charge in [-0.1, -0.05) is 60.7 Å². The minimum absolute atomic E-state index is 0.879. The Morgan fingerprint density at radius 3 is 2.58 bits per heavy atom. The average Bonchev–Trinajstić information content (AvgIpc) is 3.17. The summed E-state index contributed by atoms with van der Waals surface area (Å²) in [6.45, 7) is 0. The quantitative estimate of drug-likeness (QED) is 0.449. The van der Waals surface area contributed by atoms with E-state index in [4.69, 9.17) is 0 Å².